The minimum atomic E-state index is 0.0577. The zero-order chi connectivity index (χ0) is 15.0. The lowest BCUT2D eigenvalue weighted by Gasteiger charge is -2.19. The van der Waals surface area contributed by atoms with Crippen LogP contribution in [0.5, 0.6) is 0 Å². The number of anilines is 1. The van der Waals surface area contributed by atoms with E-state index in [0.717, 1.165) is 39.3 Å². The summed E-state index contributed by atoms with van der Waals surface area (Å²) in [6.45, 7) is 5.45. The van der Waals surface area contributed by atoms with Crippen molar-refractivity contribution in [3.63, 3.8) is 0 Å². The first-order valence-corrected chi connectivity index (χ1v) is 8.61. The first kappa shape index (κ1) is 14.7. The zero-order valence-corrected chi connectivity index (χ0v) is 14.4. The Morgan fingerprint density at radius 2 is 2.33 bits per heavy atom. The standard InChI is InChI=1S/C14H17BrN4OS/c1-8(2)14(20)19-4-3-9(6-19)18-12-10-5-11(15)21-13(10)17-7-16-12/h5,7-9H,3-4,6H2,1-2H3,(H,16,17,18)/t9-/m0/s1. The number of carbonyl (C=O) groups is 1. The highest BCUT2D eigenvalue weighted by Crippen LogP contribution is 2.32. The average Bonchev–Trinajstić information content (AvgIpc) is 3.04. The third-order valence-corrected chi connectivity index (χ3v) is 5.18. The molecule has 1 N–H and O–H groups in total. The van der Waals surface area contributed by atoms with Gasteiger partial charge in [0.25, 0.3) is 0 Å². The first-order valence-electron chi connectivity index (χ1n) is 7.00. The van der Waals surface area contributed by atoms with E-state index < -0.39 is 0 Å². The minimum absolute atomic E-state index is 0.0577. The average molecular weight is 369 g/mol. The van der Waals surface area contributed by atoms with Gasteiger partial charge >= 0.3 is 0 Å². The molecule has 0 aliphatic carbocycles. The van der Waals surface area contributed by atoms with E-state index in [1.807, 2.05) is 24.8 Å². The van der Waals surface area contributed by atoms with Crippen LogP contribution in [-0.2, 0) is 4.79 Å². The molecule has 1 fully saturated rings. The van der Waals surface area contributed by atoms with Crippen molar-refractivity contribution >= 4 is 49.2 Å². The van der Waals surface area contributed by atoms with Crippen LogP contribution in [0, 0.1) is 5.92 Å². The molecular weight excluding hydrogens is 352 g/mol. The van der Waals surface area contributed by atoms with E-state index in [1.165, 1.54) is 0 Å². The van der Waals surface area contributed by atoms with Gasteiger partial charge in [-0.2, -0.15) is 0 Å². The topological polar surface area (TPSA) is 58.1 Å². The normalized spacial score (nSPS) is 18.7. The summed E-state index contributed by atoms with van der Waals surface area (Å²) in [6.07, 6.45) is 2.54. The highest BCUT2D eigenvalue weighted by atomic mass is 79.9. The maximum absolute atomic E-state index is 12.0. The molecule has 1 saturated heterocycles. The van der Waals surface area contributed by atoms with Crippen LogP contribution in [0.15, 0.2) is 16.2 Å². The van der Waals surface area contributed by atoms with E-state index >= 15 is 0 Å². The summed E-state index contributed by atoms with van der Waals surface area (Å²) in [6, 6.07) is 2.29. The Kier molecular flexibility index (Phi) is 4.12. The molecule has 2 aromatic rings. The van der Waals surface area contributed by atoms with Crippen molar-refractivity contribution in [1.82, 2.24) is 14.9 Å². The molecule has 1 aliphatic rings. The molecule has 0 radical (unpaired) electrons. The van der Waals surface area contributed by atoms with Crippen molar-refractivity contribution in [1.29, 1.82) is 0 Å². The molecule has 0 aromatic carbocycles. The number of nitrogens with zero attached hydrogens (tertiary/aromatic N) is 3. The van der Waals surface area contributed by atoms with Gasteiger partial charge in [0.05, 0.1) is 9.17 Å². The predicted octanol–water partition coefficient (Wildman–Crippen LogP) is 3.12. The Morgan fingerprint density at radius 3 is 3.10 bits per heavy atom. The number of likely N-dealkylation sites (tertiary alicyclic amines) is 1. The van der Waals surface area contributed by atoms with Crippen molar-refractivity contribution in [2.24, 2.45) is 5.92 Å². The molecule has 3 rings (SSSR count). The van der Waals surface area contributed by atoms with Gasteiger partial charge < -0.3 is 10.2 Å². The molecule has 7 heteroatoms. The van der Waals surface area contributed by atoms with E-state index in [0.29, 0.717) is 0 Å². The van der Waals surface area contributed by atoms with Crippen molar-refractivity contribution in [3.8, 4) is 0 Å². The second-order valence-electron chi connectivity index (χ2n) is 5.56. The number of nitrogens with one attached hydrogen (secondary N) is 1. The van der Waals surface area contributed by atoms with Crippen molar-refractivity contribution < 1.29 is 4.79 Å². The van der Waals surface area contributed by atoms with Gasteiger partial charge in [-0.05, 0) is 28.4 Å². The lowest BCUT2D eigenvalue weighted by Crippen LogP contribution is -2.34. The van der Waals surface area contributed by atoms with Gasteiger partial charge in [0.1, 0.15) is 17.0 Å². The van der Waals surface area contributed by atoms with Gasteiger partial charge in [-0.25, -0.2) is 9.97 Å². The fourth-order valence-electron chi connectivity index (χ4n) is 2.58. The number of carbonyl (C=O) groups excluding carboxylic acids is 1. The SMILES string of the molecule is CC(C)C(=O)N1CC[C@H](Nc2ncnc3sc(Br)cc23)C1. The van der Waals surface area contributed by atoms with Crippen LogP contribution in [-0.4, -0.2) is 39.9 Å². The molecular formula is C14H17BrN4OS. The Morgan fingerprint density at radius 1 is 1.52 bits per heavy atom. The van der Waals surface area contributed by atoms with Crippen LogP contribution >= 0.6 is 27.3 Å². The van der Waals surface area contributed by atoms with Gasteiger partial charge in [0.2, 0.25) is 5.91 Å². The van der Waals surface area contributed by atoms with E-state index in [2.05, 4.69) is 31.2 Å². The quantitative estimate of drug-likeness (QED) is 0.903. The van der Waals surface area contributed by atoms with E-state index in [4.69, 9.17) is 0 Å². The summed E-state index contributed by atoms with van der Waals surface area (Å²) in [5.74, 6) is 1.14. The summed E-state index contributed by atoms with van der Waals surface area (Å²) in [4.78, 5) is 23.6. The van der Waals surface area contributed by atoms with Gasteiger partial charge in [-0.15, -0.1) is 11.3 Å². The molecule has 1 amide bonds. The Balaban J connectivity index is 1.73. The van der Waals surface area contributed by atoms with Crippen LogP contribution in [0.2, 0.25) is 0 Å². The Hall–Kier alpha value is -1.21. The maximum atomic E-state index is 12.0. The lowest BCUT2D eigenvalue weighted by molar-refractivity contribution is -0.133. The highest BCUT2D eigenvalue weighted by molar-refractivity contribution is 9.11. The fraction of sp³-hybridized carbons (Fsp3) is 0.500. The number of halogens is 1. The number of rotatable bonds is 3. The third kappa shape index (κ3) is 3.03. The lowest BCUT2D eigenvalue weighted by atomic mass is 10.2. The van der Waals surface area contributed by atoms with Crippen molar-refractivity contribution in [2.75, 3.05) is 18.4 Å². The summed E-state index contributed by atoms with van der Waals surface area (Å²) >= 11 is 5.08. The molecule has 0 spiro atoms. The first-order chi connectivity index (χ1) is 10.0. The molecule has 0 unspecified atom stereocenters. The number of amides is 1. The number of hydrogen-bond acceptors (Lipinski definition) is 5. The van der Waals surface area contributed by atoms with Gasteiger partial charge in [0, 0.05) is 25.0 Å². The highest BCUT2D eigenvalue weighted by Gasteiger charge is 2.28. The van der Waals surface area contributed by atoms with Crippen LogP contribution < -0.4 is 5.32 Å². The number of aromatic nitrogens is 2. The van der Waals surface area contributed by atoms with Crippen LogP contribution in [0.1, 0.15) is 20.3 Å². The molecule has 3 heterocycles. The third-order valence-electron chi connectivity index (χ3n) is 3.63. The van der Waals surface area contributed by atoms with E-state index in [1.54, 1.807) is 17.7 Å². The second-order valence-corrected chi connectivity index (χ2v) is 7.97. The second kappa shape index (κ2) is 5.88. The predicted molar refractivity (Wildman–Crippen MR) is 88.6 cm³/mol. The molecule has 1 atom stereocenters. The smallest absolute Gasteiger partial charge is 0.225 e. The van der Waals surface area contributed by atoms with Crippen molar-refractivity contribution in [2.45, 2.75) is 26.3 Å². The molecule has 0 saturated carbocycles. The molecule has 2 aromatic heterocycles. The summed E-state index contributed by atoms with van der Waals surface area (Å²) in [7, 11) is 0. The maximum Gasteiger partial charge on any atom is 0.225 e. The van der Waals surface area contributed by atoms with Gasteiger partial charge in [0.15, 0.2) is 0 Å². The molecule has 1 aliphatic heterocycles. The molecule has 112 valence electrons. The Bertz CT molecular complexity index is 672. The minimum Gasteiger partial charge on any atom is -0.365 e. The van der Waals surface area contributed by atoms with Crippen LogP contribution in [0.3, 0.4) is 0 Å². The number of thiophene rings is 1. The zero-order valence-electron chi connectivity index (χ0n) is 12.0. The van der Waals surface area contributed by atoms with Crippen molar-refractivity contribution in [3.05, 3.63) is 16.2 Å². The number of hydrogen-bond donors (Lipinski definition) is 1. The van der Waals surface area contributed by atoms with Crippen LogP contribution in [0.25, 0.3) is 10.2 Å². The molecule has 0 bridgehead atoms. The largest absolute Gasteiger partial charge is 0.365 e. The summed E-state index contributed by atoms with van der Waals surface area (Å²) < 4.78 is 1.05. The van der Waals surface area contributed by atoms with Gasteiger partial charge in [-0.1, -0.05) is 13.8 Å². The fourth-order valence-corrected chi connectivity index (χ4v) is 3.99. The Labute approximate surface area is 135 Å². The number of fused-ring (bicyclic) bond motifs is 1. The monoisotopic (exact) mass is 368 g/mol. The van der Waals surface area contributed by atoms with Gasteiger partial charge in [-0.3, -0.25) is 4.79 Å². The van der Waals surface area contributed by atoms with E-state index in [9.17, 15) is 4.79 Å². The molecule has 5 nitrogen and oxygen atoms in total. The summed E-state index contributed by atoms with van der Waals surface area (Å²) in [5.41, 5.74) is 0. The molecule has 21 heavy (non-hydrogen) atoms. The van der Waals surface area contributed by atoms with Crippen LogP contribution in [0.4, 0.5) is 5.82 Å². The summed E-state index contributed by atoms with van der Waals surface area (Å²) in [5, 5.41) is 4.49. The van der Waals surface area contributed by atoms with E-state index in [-0.39, 0.29) is 17.9 Å².